The molecule has 3 aliphatic rings. The van der Waals surface area contributed by atoms with Gasteiger partial charge in [0.05, 0.1) is 6.04 Å². The summed E-state index contributed by atoms with van der Waals surface area (Å²) < 4.78 is 0. The van der Waals surface area contributed by atoms with Gasteiger partial charge in [-0.05, 0) is 81.4 Å². The Balaban J connectivity index is 1.23. The fraction of sp³-hybridized carbons (Fsp3) is 0.585. The highest BCUT2D eigenvalue weighted by Crippen LogP contribution is 2.42. The molecule has 2 aliphatic heterocycles. The molecule has 12 nitrogen and oxygen atoms in total. The van der Waals surface area contributed by atoms with E-state index in [0.29, 0.717) is 51.7 Å². The summed E-state index contributed by atoms with van der Waals surface area (Å²) in [6.45, 7) is 7.09. The van der Waals surface area contributed by atoms with Gasteiger partial charge >= 0.3 is 0 Å². The Kier molecular flexibility index (Phi) is 14.0. The maximum atomic E-state index is 14.0. The Morgan fingerprint density at radius 3 is 1.85 bits per heavy atom. The zero-order valence-corrected chi connectivity index (χ0v) is 31.4. The Morgan fingerprint density at radius 2 is 1.28 bits per heavy atom. The summed E-state index contributed by atoms with van der Waals surface area (Å²) in [4.78, 5) is 71.6. The lowest BCUT2D eigenvalue weighted by Gasteiger charge is -2.54. The van der Waals surface area contributed by atoms with Gasteiger partial charge in [-0.2, -0.15) is 0 Å². The number of carbonyl (C=O) groups is 5. The molecule has 53 heavy (non-hydrogen) atoms. The quantitative estimate of drug-likeness (QED) is 0.146. The molecule has 288 valence electrons. The SMILES string of the molecule is CC(C)C[C@@H](NC(=O)[C@H](Cc1ccccc1)NC(=O)[C@H](N)Cc1ccccc1)C(=O)N[C@H](CCCCN)C(=O)N1CC2(CCN(C(=O)C3CC3)CC2)C1. The molecule has 2 aromatic rings. The summed E-state index contributed by atoms with van der Waals surface area (Å²) in [5, 5.41) is 8.77. The van der Waals surface area contributed by atoms with E-state index in [1.165, 1.54) is 0 Å². The van der Waals surface area contributed by atoms with Crippen molar-refractivity contribution in [1.82, 2.24) is 25.8 Å². The van der Waals surface area contributed by atoms with Crippen LogP contribution in [0, 0.1) is 17.3 Å². The molecule has 5 rings (SSSR count). The fourth-order valence-corrected chi connectivity index (χ4v) is 7.54. The molecule has 2 heterocycles. The van der Waals surface area contributed by atoms with E-state index in [9.17, 15) is 24.0 Å². The van der Waals surface area contributed by atoms with E-state index in [2.05, 4.69) is 16.0 Å². The van der Waals surface area contributed by atoms with Gasteiger partial charge in [0.15, 0.2) is 0 Å². The van der Waals surface area contributed by atoms with E-state index in [1.807, 2.05) is 84.3 Å². The molecule has 1 saturated carbocycles. The monoisotopic (exact) mass is 729 g/mol. The molecule has 1 spiro atoms. The van der Waals surface area contributed by atoms with Gasteiger partial charge in [-0.25, -0.2) is 0 Å². The standard InChI is InChI=1S/C41H59N7O5/c1-28(2)23-34(46-38(51)35(25-30-13-7-4-8-14-30)45-36(49)32(43)24-29-11-5-3-6-12-29)37(50)44-33(15-9-10-20-42)40(53)48-26-41(27-48)18-21-47(22-19-41)39(52)31-16-17-31/h3-8,11-14,28,31-35H,9-10,15-27,42-43H2,1-2H3,(H,44,50)(H,45,49)(H,46,51)/t32-,33-,34-,35+/m1/s1. The molecule has 2 aromatic carbocycles. The summed E-state index contributed by atoms with van der Waals surface area (Å²) in [5.74, 6) is -1.00. The Hall–Kier alpha value is -4.29. The van der Waals surface area contributed by atoms with Gasteiger partial charge in [-0.1, -0.05) is 74.5 Å². The van der Waals surface area contributed by atoms with Crippen LogP contribution in [0.2, 0.25) is 0 Å². The highest BCUT2D eigenvalue weighted by molar-refractivity contribution is 5.95. The minimum Gasteiger partial charge on any atom is -0.343 e. The highest BCUT2D eigenvalue weighted by atomic mass is 16.2. The molecule has 4 atom stereocenters. The van der Waals surface area contributed by atoms with Crippen LogP contribution in [0.3, 0.4) is 0 Å². The van der Waals surface area contributed by atoms with Gasteiger partial charge in [-0.15, -0.1) is 0 Å². The molecular formula is C41H59N7O5. The van der Waals surface area contributed by atoms with Crippen molar-refractivity contribution < 1.29 is 24.0 Å². The maximum Gasteiger partial charge on any atom is 0.245 e. The number of nitrogens with two attached hydrogens (primary N) is 2. The zero-order chi connectivity index (χ0) is 38.0. The first-order valence-corrected chi connectivity index (χ1v) is 19.5. The molecule has 0 bridgehead atoms. The van der Waals surface area contributed by atoms with Crippen molar-refractivity contribution in [2.75, 3.05) is 32.7 Å². The normalized spacial score (nSPS) is 18.7. The number of hydrogen-bond donors (Lipinski definition) is 5. The van der Waals surface area contributed by atoms with E-state index in [-0.39, 0.29) is 35.5 Å². The van der Waals surface area contributed by atoms with Crippen molar-refractivity contribution >= 4 is 29.5 Å². The predicted molar refractivity (Wildman–Crippen MR) is 204 cm³/mol. The number of nitrogens with zero attached hydrogens (tertiary/aromatic N) is 2. The lowest BCUT2D eigenvalue weighted by atomic mass is 9.71. The first kappa shape index (κ1) is 39.9. The molecule has 7 N–H and O–H groups in total. The van der Waals surface area contributed by atoms with Gasteiger partial charge < -0.3 is 37.2 Å². The number of benzene rings is 2. The van der Waals surface area contributed by atoms with Crippen LogP contribution in [0.1, 0.15) is 76.3 Å². The number of carbonyl (C=O) groups excluding carboxylic acids is 5. The van der Waals surface area contributed by atoms with Crippen LogP contribution in [-0.2, 0) is 36.8 Å². The zero-order valence-electron chi connectivity index (χ0n) is 31.4. The Labute approximate surface area is 314 Å². The number of nitrogens with one attached hydrogen (secondary N) is 3. The summed E-state index contributed by atoms with van der Waals surface area (Å²) >= 11 is 0. The highest BCUT2D eigenvalue weighted by Gasteiger charge is 2.49. The lowest BCUT2D eigenvalue weighted by Crippen LogP contribution is -2.65. The van der Waals surface area contributed by atoms with Crippen molar-refractivity contribution in [3.8, 4) is 0 Å². The molecule has 0 aromatic heterocycles. The molecule has 3 fully saturated rings. The van der Waals surface area contributed by atoms with Gasteiger partial charge in [0.1, 0.15) is 18.1 Å². The average Bonchev–Trinajstić information content (AvgIpc) is 3.99. The summed E-state index contributed by atoms with van der Waals surface area (Å²) in [5.41, 5.74) is 13.8. The average molecular weight is 730 g/mol. The molecule has 0 radical (unpaired) electrons. The minimum absolute atomic E-state index is 0.0117. The number of amides is 5. The van der Waals surface area contributed by atoms with E-state index >= 15 is 0 Å². The van der Waals surface area contributed by atoms with Crippen LogP contribution in [0.4, 0.5) is 0 Å². The third kappa shape index (κ3) is 11.4. The van der Waals surface area contributed by atoms with Crippen LogP contribution in [0.25, 0.3) is 0 Å². The maximum absolute atomic E-state index is 14.0. The summed E-state index contributed by atoms with van der Waals surface area (Å²) in [7, 11) is 0. The second-order valence-corrected chi connectivity index (χ2v) is 15.9. The third-order valence-electron chi connectivity index (χ3n) is 10.9. The molecule has 12 heteroatoms. The summed E-state index contributed by atoms with van der Waals surface area (Å²) in [6, 6.07) is 15.2. The molecule has 0 unspecified atom stereocenters. The smallest absolute Gasteiger partial charge is 0.245 e. The third-order valence-corrected chi connectivity index (χ3v) is 10.9. The van der Waals surface area contributed by atoms with Crippen molar-refractivity contribution in [2.24, 2.45) is 28.7 Å². The molecular weight excluding hydrogens is 670 g/mol. The van der Waals surface area contributed by atoms with Gasteiger partial charge in [-0.3, -0.25) is 24.0 Å². The van der Waals surface area contributed by atoms with E-state index in [4.69, 9.17) is 11.5 Å². The van der Waals surface area contributed by atoms with Crippen LogP contribution in [0.15, 0.2) is 60.7 Å². The van der Waals surface area contributed by atoms with Crippen LogP contribution >= 0.6 is 0 Å². The molecule has 5 amide bonds. The van der Waals surface area contributed by atoms with Crippen molar-refractivity contribution in [1.29, 1.82) is 0 Å². The second kappa shape index (κ2) is 18.6. The Bertz CT molecular complexity index is 1530. The lowest BCUT2D eigenvalue weighted by molar-refractivity contribution is -0.153. The van der Waals surface area contributed by atoms with Crippen molar-refractivity contribution in [3.63, 3.8) is 0 Å². The first-order valence-electron chi connectivity index (χ1n) is 19.5. The number of unbranched alkanes of at least 4 members (excludes halogenated alkanes) is 1. The van der Waals surface area contributed by atoms with Gasteiger partial charge in [0, 0.05) is 43.9 Å². The number of hydrogen-bond acceptors (Lipinski definition) is 7. The number of likely N-dealkylation sites (tertiary alicyclic amines) is 2. The van der Waals surface area contributed by atoms with Crippen LogP contribution in [-0.4, -0.2) is 96.2 Å². The first-order chi connectivity index (χ1) is 25.5. The van der Waals surface area contributed by atoms with Gasteiger partial charge in [0.2, 0.25) is 29.5 Å². The van der Waals surface area contributed by atoms with Gasteiger partial charge in [0.25, 0.3) is 0 Å². The second-order valence-electron chi connectivity index (χ2n) is 15.9. The molecule has 2 saturated heterocycles. The van der Waals surface area contributed by atoms with Crippen LogP contribution in [0.5, 0.6) is 0 Å². The Morgan fingerprint density at radius 1 is 0.736 bits per heavy atom. The largest absolute Gasteiger partial charge is 0.343 e. The van der Waals surface area contributed by atoms with Crippen LogP contribution < -0.4 is 27.4 Å². The summed E-state index contributed by atoms with van der Waals surface area (Å²) in [6.07, 6.45) is 6.41. The molecule has 1 aliphatic carbocycles. The number of piperidine rings is 1. The topological polar surface area (TPSA) is 180 Å². The predicted octanol–water partition coefficient (Wildman–Crippen LogP) is 2.29. The van der Waals surface area contributed by atoms with Crippen molar-refractivity contribution in [3.05, 3.63) is 71.8 Å². The van der Waals surface area contributed by atoms with E-state index in [0.717, 1.165) is 49.9 Å². The van der Waals surface area contributed by atoms with Crippen molar-refractivity contribution in [2.45, 2.75) is 102 Å². The fourth-order valence-electron chi connectivity index (χ4n) is 7.54. The number of rotatable bonds is 18. The van der Waals surface area contributed by atoms with E-state index in [1.54, 1.807) is 0 Å². The van der Waals surface area contributed by atoms with E-state index < -0.39 is 41.9 Å². The minimum atomic E-state index is -0.987.